The molecule has 0 spiro atoms. The molecule has 4 aromatic heterocycles. The fraction of sp³-hybridized carbons (Fsp3) is 0.118. The zero-order valence-electron chi connectivity index (χ0n) is 34.2. The van der Waals surface area contributed by atoms with Gasteiger partial charge < -0.3 is 4.57 Å². The van der Waals surface area contributed by atoms with Crippen LogP contribution < -0.4 is 0 Å². The molecule has 4 heterocycles. The number of fused-ring (bicyclic) bond motifs is 9. The lowest BCUT2D eigenvalue weighted by atomic mass is 10.1. The van der Waals surface area contributed by atoms with Crippen LogP contribution in [0.4, 0.5) is 26.3 Å². The van der Waals surface area contributed by atoms with Crippen LogP contribution in [0.5, 0.6) is 0 Å². The Morgan fingerprint density at radius 2 is 0.810 bits per heavy atom. The molecule has 63 heavy (non-hydrogen) atoms. The number of aryl methyl sites for hydroxylation is 4. The van der Waals surface area contributed by atoms with Crippen LogP contribution in [0.2, 0.25) is 0 Å². The zero-order chi connectivity index (χ0) is 43.7. The monoisotopic (exact) mass is 844 g/mol. The molecule has 11 aromatic rings. The van der Waals surface area contributed by atoms with Gasteiger partial charge in [0, 0.05) is 37.9 Å². The number of rotatable bonds is 4. The van der Waals surface area contributed by atoms with E-state index >= 15 is 13.2 Å². The van der Waals surface area contributed by atoms with E-state index in [9.17, 15) is 13.2 Å². The number of aromatic nitrogens is 6. The molecule has 6 nitrogen and oxygen atoms in total. The quantitative estimate of drug-likeness (QED) is 0.166. The second-order valence-corrected chi connectivity index (χ2v) is 16.3. The predicted molar refractivity (Wildman–Crippen MR) is 237 cm³/mol. The minimum Gasteiger partial charge on any atom is -0.309 e. The molecule has 0 atom stereocenters. The molecule has 0 saturated carbocycles. The Morgan fingerprint density at radius 1 is 0.381 bits per heavy atom. The van der Waals surface area contributed by atoms with Crippen LogP contribution in [0.15, 0.2) is 133 Å². The Hall–Kier alpha value is -7.47. The van der Waals surface area contributed by atoms with Crippen molar-refractivity contribution in [2.45, 2.75) is 40.0 Å². The molecule has 0 unspecified atom stereocenters. The highest BCUT2D eigenvalue weighted by atomic mass is 19.4. The lowest BCUT2D eigenvalue weighted by Gasteiger charge is -2.18. The lowest BCUT2D eigenvalue weighted by Crippen LogP contribution is -2.13. The van der Waals surface area contributed by atoms with Gasteiger partial charge in [-0.2, -0.15) is 41.3 Å². The van der Waals surface area contributed by atoms with Gasteiger partial charge in [0.15, 0.2) is 5.82 Å². The van der Waals surface area contributed by atoms with Gasteiger partial charge in [0.05, 0.1) is 49.9 Å². The molecule has 0 aliphatic heterocycles. The first kappa shape index (κ1) is 38.5. The van der Waals surface area contributed by atoms with E-state index in [0.717, 1.165) is 84.1 Å². The average molecular weight is 845 g/mol. The largest absolute Gasteiger partial charge is 0.418 e. The third kappa shape index (κ3) is 6.06. The van der Waals surface area contributed by atoms with E-state index in [2.05, 4.69) is 24.3 Å². The summed E-state index contributed by atoms with van der Waals surface area (Å²) in [5, 5.41) is 4.44. The highest BCUT2D eigenvalue weighted by molar-refractivity contribution is 6.11. The Kier molecular flexibility index (Phi) is 8.25. The van der Waals surface area contributed by atoms with Crippen LogP contribution in [-0.4, -0.2) is 28.7 Å². The topological polar surface area (TPSA) is 53.5 Å². The summed E-state index contributed by atoms with van der Waals surface area (Å²) in [5.41, 5.74) is 5.87. The molecule has 0 N–H and O–H groups in total. The van der Waals surface area contributed by atoms with Crippen LogP contribution in [0.1, 0.15) is 33.4 Å². The standard InChI is InChI=1S/C51H34F6N6/c1-27-9-15-42-34(21-27)35-22-28(2)10-16-43(35)62(42)48-58-47(59-49(60-48)63-44-17-11-29(3)23-36(44)37-24-30(4)12-18-45(37)63)31-13-19-46(39(25-31)51(55,56)57)61-40-8-6-5-7-33(40)38-26-32(50(52,53)54)14-20-41(38)61/h5-26H,1-4H3. The van der Waals surface area contributed by atoms with E-state index in [4.69, 9.17) is 15.0 Å². The third-order valence-corrected chi connectivity index (χ3v) is 12.0. The summed E-state index contributed by atoms with van der Waals surface area (Å²) in [6, 6.07) is 37.8. The second-order valence-electron chi connectivity index (χ2n) is 16.3. The normalized spacial score (nSPS) is 12.6. The van der Waals surface area contributed by atoms with Crippen molar-refractivity contribution in [1.82, 2.24) is 28.7 Å². The Bertz CT molecular complexity index is 3460. The molecule has 0 fully saturated rings. The van der Waals surface area contributed by atoms with Gasteiger partial charge >= 0.3 is 12.4 Å². The average Bonchev–Trinajstić information content (AvgIpc) is 3.87. The van der Waals surface area contributed by atoms with Gasteiger partial charge in [0.25, 0.3) is 0 Å². The van der Waals surface area contributed by atoms with Gasteiger partial charge in [-0.05, 0) is 119 Å². The SMILES string of the molecule is Cc1ccc2c(c1)c1cc(C)ccc1n2-c1nc(-c2ccc(-n3c4ccccc4c4cc(C(F)(F)F)ccc43)c(C(F)(F)F)c2)nc(-n2c3ccc(C)cc3c3cc(C)ccc32)n1. The first-order valence-corrected chi connectivity index (χ1v) is 20.2. The van der Waals surface area contributed by atoms with Crippen molar-refractivity contribution in [3.05, 3.63) is 167 Å². The van der Waals surface area contributed by atoms with Gasteiger partial charge in [0.2, 0.25) is 11.9 Å². The summed E-state index contributed by atoms with van der Waals surface area (Å²) in [7, 11) is 0. The van der Waals surface area contributed by atoms with Crippen molar-refractivity contribution >= 4 is 65.4 Å². The molecule has 11 rings (SSSR count). The molecule has 0 radical (unpaired) electrons. The maximum absolute atomic E-state index is 15.6. The number of hydrogen-bond donors (Lipinski definition) is 0. The molecular weight excluding hydrogens is 811 g/mol. The van der Waals surface area contributed by atoms with E-state index in [-0.39, 0.29) is 39.9 Å². The number of halogens is 6. The predicted octanol–water partition coefficient (Wildman–Crippen LogP) is 14.1. The maximum Gasteiger partial charge on any atom is 0.418 e. The molecule has 12 heteroatoms. The van der Waals surface area contributed by atoms with Gasteiger partial charge in [-0.3, -0.25) is 9.13 Å². The summed E-state index contributed by atoms with van der Waals surface area (Å²) in [4.78, 5) is 15.1. The highest BCUT2D eigenvalue weighted by Gasteiger charge is 2.36. The first-order valence-electron chi connectivity index (χ1n) is 20.2. The fourth-order valence-electron chi connectivity index (χ4n) is 9.12. The Balaban J connectivity index is 1.21. The van der Waals surface area contributed by atoms with Crippen molar-refractivity contribution < 1.29 is 26.3 Å². The van der Waals surface area contributed by atoms with Crippen LogP contribution in [0, 0.1) is 27.7 Å². The van der Waals surface area contributed by atoms with Gasteiger partial charge in [0.1, 0.15) is 0 Å². The Morgan fingerprint density at radius 3 is 1.29 bits per heavy atom. The smallest absolute Gasteiger partial charge is 0.309 e. The van der Waals surface area contributed by atoms with Crippen LogP contribution in [-0.2, 0) is 12.4 Å². The maximum atomic E-state index is 15.6. The van der Waals surface area contributed by atoms with E-state index < -0.39 is 23.5 Å². The summed E-state index contributed by atoms with van der Waals surface area (Å²) >= 11 is 0. The number of alkyl halides is 6. The van der Waals surface area contributed by atoms with Crippen molar-refractivity contribution in [3.8, 4) is 29.0 Å². The number of benzene rings is 7. The number of nitrogens with zero attached hydrogens (tertiary/aromatic N) is 6. The summed E-state index contributed by atoms with van der Waals surface area (Å²) in [5.74, 6) is 0.405. The molecule has 0 bridgehead atoms. The minimum absolute atomic E-state index is 0.00691. The second kappa shape index (κ2) is 13.5. The third-order valence-electron chi connectivity index (χ3n) is 12.0. The van der Waals surface area contributed by atoms with Crippen molar-refractivity contribution in [2.75, 3.05) is 0 Å². The van der Waals surface area contributed by atoms with Crippen LogP contribution in [0.3, 0.4) is 0 Å². The molecule has 0 aliphatic carbocycles. The van der Waals surface area contributed by atoms with Crippen LogP contribution in [0.25, 0.3) is 94.4 Å². The van der Waals surface area contributed by atoms with Gasteiger partial charge in [-0.1, -0.05) is 64.7 Å². The number of hydrogen-bond acceptors (Lipinski definition) is 3. The van der Waals surface area contributed by atoms with Crippen molar-refractivity contribution in [3.63, 3.8) is 0 Å². The Labute approximate surface area is 355 Å². The lowest BCUT2D eigenvalue weighted by molar-refractivity contribution is -0.138. The summed E-state index contributed by atoms with van der Waals surface area (Å²) in [6.07, 6.45) is -9.55. The van der Waals surface area contributed by atoms with E-state index in [1.54, 1.807) is 24.3 Å². The number of para-hydroxylation sites is 1. The van der Waals surface area contributed by atoms with Gasteiger partial charge in [-0.15, -0.1) is 0 Å². The molecule has 0 amide bonds. The van der Waals surface area contributed by atoms with E-state index in [1.165, 1.54) is 22.8 Å². The fourth-order valence-corrected chi connectivity index (χ4v) is 9.12. The first-order chi connectivity index (χ1) is 30.1. The summed E-state index contributed by atoms with van der Waals surface area (Å²) < 4.78 is 93.6. The van der Waals surface area contributed by atoms with Crippen LogP contribution >= 0.6 is 0 Å². The van der Waals surface area contributed by atoms with Gasteiger partial charge in [-0.25, -0.2) is 0 Å². The molecular formula is C51H34F6N6. The molecule has 310 valence electrons. The molecule has 7 aromatic carbocycles. The summed E-state index contributed by atoms with van der Waals surface area (Å²) in [6.45, 7) is 8.07. The minimum atomic E-state index is -4.90. The highest BCUT2D eigenvalue weighted by Crippen LogP contribution is 2.43. The van der Waals surface area contributed by atoms with E-state index in [0.29, 0.717) is 10.9 Å². The van der Waals surface area contributed by atoms with E-state index in [1.807, 2.05) is 85.4 Å². The van der Waals surface area contributed by atoms with Crippen molar-refractivity contribution in [2.24, 2.45) is 0 Å². The zero-order valence-corrected chi connectivity index (χ0v) is 34.2. The molecule has 0 aliphatic rings. The van der Waals surface area contributed by atoms with Crippen molar-refractivity contribution in [1.29, 1.82) is 0 Å². The molecule has 0 saturated heterocycles.